The normalized spacial score (nSPS) is 13.1. The Morgan fingerprint density at radius 1 is 0.429 bits per heavy atom. The number of fused-ring (bicyclic) bond motifs is 8. The van der Waals surface area contributed by atoms with Gasteiger partial charge in [0.2, 0.25) is 0 Å². The fourth-order valence-corrected chi connectivity index (χ4v) is 8.28. The van der Waals surface area contributed by atoms with E-state index >= 15 is 0 Å². The maximum Gasteiger partial charge on any atom is 0.0972 e. The molecule has 2 aromatic heterocycles. The van der Waals surface area contributed by atoms with E-state index in [1.54, 1.807) is 0 Å². The molecule has 0 aliphatic heterocycles. The smallest absolute Gasteiger partial charge is 0.0972 e. The average molecular weight is 623 g/mol. The minimum Gasteiger partial charge on any atom is -0.254 e. The monoisotopic (exact) mass is 622 g/mol. The minimum absolute atomic E-state index is 0.490. The summed E-state index contributed by atoms with van der Waals surface area (Å²) < 4.78 is 0. The largest absolute Gasteiger partial charge is 0.254 e. The zero-order chi connectivity index (χ0) is 32.4. The van der Waals surface area contributed by atoms with Gasteiger partial charge >= 0.3 is 0 Å². The highest BCUT2D eigenvalue weighted by Crippen LogP contribution is 2.60. The van der Waals surface area contributed by atoms with E-state index in [0.29, 0.717) is 0 Å². The molecule has 2 heteroatoms. The first-order valence-electron chi connectivity index (χ1n) is 16.8. The van der Waals surface area contributed by atoms with Gasteiger partial charge in [0.05, 0.1) is 22.1 Å². The number of pyridine rings is 2. The van der Waals surface area contributed by atoms with Crippen LogP contribution in [0.2, 0.25) is 0 Å². The van der Waals surface area contributed by atoms with E-state index < -0.39 is 5.41 Å². The second-order valence-electron chi connectivity index (χ2n) is 12.9. The Kier molecular flexibility index (Phi) is 6.13. The molecule has 7 aromatic carbocycles. The van der Waals surface area contributed by atoms with E-state index in [1.165, 1.54) is 55.3 Å². The van der Waals surface area contributed by atoms with Gasteiger partial charge < -0.3 is 0 Å². The van der Waals surface area contributed by atoms with Gasteiger partial charge in [0.15, 0.2) is 0 Å². The summed E-state index contributed by atoms with van der Waals surface area (Å²) in [5, 5.41) is 4.69. The zero-order valence-corrected chi connectivity index (χ0v) is 26.7. The summed E-state index contributed by atoms with van der Waals surface area (Å²) in [4.78, 5) is 9.91. The summed E-state index contributed by atoms with van der Waals surface area (Å²) >= 11 is 0. The van der Waals surface area contributed by atoms with Crippen LogP contribution in [0.3, 0.4) is 0 Å². The van der Waals surface area contributed by atoms with Gasteiger partial charge in [-0.1, -0.05) is 152 Å². The number of nitrogens with zero attached hydrogens (tertiary/aromatic N) is 2. The molecule has 0 bridgehead atoms. The minimum atomic E-state index is -0.490. The molecule has 0 atom stereocenters. The van der Waals surface area contributed by atoms with E-state index in [1.807, 2.05) is 12.3 Å². The van der Waals surface area contributed by atoms with Crippen LogP contribution in [0.15, 0.2) is 182 Å². The van der Waals surface area contributed by atoms with Crippen LogP contribution in [-0.4, -0.2) is 9.97 Å². The molecule has 10 rings (SSSR count). The Balaban J connectivity index is 1.28. The molecule has 0 N–H and O–H groups in total. The second kappa shape index (κ2) is 10.8. The summed E-state index contributed by atoms with van der Waals surface area (Å²) in [6, 6.07) is 63.9. The summed E-state index contributed by atoms with van der Waals surface area (Å²) in [5.74, 6) is 0. The SMILES string of the molecule is c1ccc(C2(c3ccccc3)c3ccccc3-c3c(-c4cccc(-c5ccc6ccc7cccnc7c6n5)c4)cc4ccccc4c32)cc1. The van der Waals surface area contributed by atoms with Crippen LogP contribution < -0.4 is 0 Å². The van der Waals surface area contributed by atoms with Crippen LogP contribution in [-0.2, 0) is 5.41 Å². The molecular weight excluding hydrogens is 593 g/mol. The molecule has 2 nitrogen and oxygen atoms in total. The Morgan fingerprint density at radius 3 is 1.90 bits per heavy atom. The van der Waals surface area contributed by atoms with Gasteiger partial charge in [-0.2, -0.15) is 0 Å². The molecule has 1 aliphatic rings. The van der Waals surface area contributed by atoms with Gasteiger partial charge in [-0.15, -0.1) is 0 Å². The van der Waals surface area contributed by atoms with Crippen molar-refractivity contribution in [2.45, 2.75) is 5.41 Å². The van der Waals surface area contributed by atoms with Gasteiger partial charge in [0.1, 0.15) is 0 Å². The molecule has 0 unspecified atom stereocenters. The van der Waals surface area contributed by atoms with Crippen molar-refractivity contribution in [1.82, 2.24) is 9.97 Å². The Morgan fingerprint density at radius 2 is 1.08 bits per heavy atom. The molecule has 0 saturated carbocycles. The summed E-state index contributed by atoms with van der Waals surface area (Å²) in [6.07, 6.45) is 1.85. The lowest BCUT2D eigenvalue weighted by atomic mass is 9.66. The fraction of sp³-hybridized carbons (Fsp3) is 0.0213. The highest BCUT2D eigenvalue weighted by atomic mass is 14.7. The lowest BCUT2D eigenvalue weighted by molar-refractivity contribution is 0.775. The molecule has 49 heavy (non-hydrogen) atoms. The van der Waals surface area contributed by atoms with E-state index in [0.717, 1.165) is 33.1 Å². The van der Waals surface area contributed by atoms with Crippen molar-refractivity contribution in [1.29, 1.82) is 0 Å². The molecule has 0 saturated heterocycles. The fourth-order valence-electron chi connectivity index (χ4n) is 8.28. The van der Waals surface area contributed by atoms with Crippen molar-refractivity contribution >= 4 is 32.6 Å². The van der Waals surface area contributed by atoms with Crippen LogP contribution in [0, 0.1) is 0 Å². The van der Waals surface area contributed by atoms with Crippen molar-refractivity contribution in [2.24, 2.45) is 0 Å². The predicted molar refractivity (Wildman–Crippen MR) is 203 cm³/mol. The van der Waals surface area contributed by atoms with Crippen molar-refractivity contribution < 1.29 is 0 Å². The van der Waals surface area contributed by atoms with Crippen molar-refractivity contribution in [2.75, 3.05) is 0 Å². The van der Waals surface area contributed by atoms with Gasteiger partial charge in [-0.3, -0.25) is 4.98 Å². The number of benzene rings is 7. The van der Waals surface area contributed by atoms with Gasteiger partial charge in [-0.05, 0) is 79.5 Å². The van der Waals surface area contributed by atoms with Crippen molar-refractivity contribution in [3.8, 4) is 33.5 Å². The Hall–Kier alpha value is -6.38. The lowest BCUT2D eigenvalue weighted by Crippen LogP contribution is -2.28. The number of hydrogen-bond acceptors (Lipinski definition) is 2. The standard InChI is InChI=1S/C47H30N2/c1-3-17-36(18-4-1)47(37-19-5-2-6-20-37)41-23-10-9-22-39(41)43-40(30-34-13-7-8-21-38(34)44(43)47)33-14-11-15-35(29-33)42-27-26-32-25-24-31-16-12-28-48-45(31)46(32)49-42/h1-30H. The lowest BCUT2D eigenvalue weighted by Gasteiger charge is -2.35. The first kappa shape index (κ1) is 27.7. The van der Waals surface area contributed by atoms with E-state index in [-0.39, 0.29) is 0 Å². The average Bonchev–Trinajstić information content (AvgIpc) is 3.50. The van der Waals surface area contributed by atoms with Crippen LogP contribution in [0.4, 0.5) is 0 Å². The van der Waals surface area contributed by atoms with Crippen LogP contribution >= 0.6 is 0 Å². The van der Waals surface area contributed by atoms with Crippen molar-refractivity contribution in [3.63, 3.8) is 0 Å². The summed E-state index contributed by atoms with van der Waals surface area (Å²) in [5.41, 5.74) is 13.5. The molecule has 0 amide bonds. The highest BCUT2D eigenvalue weighted by molar-refractivity contribution is 6.07. The molecule has 228 valence electrons. The predicted octanol–water partition coefficient (Wildman–Crippen LogP) is 11.6. The van der Waals surface area contributed by atoms with Crippen LogP contribution in [0.25, 0.3) is 66.1 Å². The van der Waals surface area contributed by atoms with Gasteiger partial charge in [-0.25, -0.2) is 4.98 Å². The summed E-state index contributed by atoms with van der Waals surface area (Å²) in [7, 11) is 0. The number of hydrogen-bond donors (Lipinski definition) is 0. The molecule has 0 radical (unpaired) electrons. The van der Waals surface area contributed by atoms with Crippen LogP contribution in [0.5, 0.6) is 0 Å². The second-order valence-corrected chi connectivity index (χ2v) is 12.9. The van der Waals surface area contributed by atoms with Gasteiger partial charge in [0, 0.05) is 22.5 Å². The third-order valence-electron chi connectivity index (χ3n) is 10.3. The maximum absolute atomic E-state index is 5.21. The zero-order valence-electron chi connectivity index (χ0n) is 26.7. The topological polar surface area (TPSA) is 25.8 Å². The third kappa shape index (κ3) is 4.07. The molecule has 9 aromatic rings. The van der Waals surface area contributed by atoms with Crippen molar-refractivity contribution in [3.05, 3.63) is 204 Å². The molecule has 0 fully saturated rings. The quantitative estimate of drug-likeness (QED) is 0.183. The molecular formula is C47H30N2. The number of rotatable bonds is 4. The molecule has 0 spiro atoms. The van der Waals surface area contributed by atoms with Crippen LogP contribution in [0.1, 0.15) is 22.3 Å². The number of aromatic nitrogens is 2. The van der Waals surface area contributed by atoms with E-state index in [9.17, 15) is 0 Å². The first-order valence-corrected chi connectivity index (χ1v) is 16.8. The first-order chi connectivity index (χ1) is 24.3. The third-order valence-corrected chi connectivity index (χ3v) is 10.3. The summed E-state index contributed by atoms with van der Waals surface area (Å²) in [6.45, 7) is 0. The Labute approximate surface area is 285 Å². The van der Waals surface area contributed by atoms with Gasteiger partial charge in [0.25, 0.3) is 0 Å². The Bertz CT molecular complexity index is 2670. The van der Waals surface area contributed by atoms with E-state index in [2.05, 4.69) is 170 Å². The maximum atomic E-state index is 5.21. The highest BCUT2D eigenvalue weighted by Gasteiger charge is 2.48. The molecule has 2 heterocycles. The molecule has 1 aliphatic carbocycles. The van der Waals surface area contributed by atoms with E-state index in [4.69, 9.17) is 9.97 Å².